The SMILES string of the molecule is CSc1ccc2nc(N(CCN3CCOCC3)C(=O)CN(C)S(C)(=O)=O)sc2c1. The number of hydrogen-bond donors (Lipinski definition) is 0. The molecule has 1 amide bonds. The van der Waals surface area contributed by atoms with E-state index in [0.29, 0.717) is 31.4 Å². The quantitative estimate of drug-likeness (QED) is 0.555. The fraction of sp³-hybridized carbons (Fsp3) is 0.556. The normalized spacial score (nSPS) is 15.9. The van der Waals surface area contributed by atoms with Crippen LogP contribution in [0, 0.1) is 0 Å². The molecular weight excluding hydrogens is 432 g/mol. The van der Waals surface area contributed by atoms with Crippen molar-refractivity contribution >= 4 is 54.4 Å². The molecule has 1 aliphatic rings. The van der Waals surface area contributed by atoms with Gasteiger partial charge in [0.15, 0.2) is 5.13 Å². The molecule has 0 spiro atoms. The van der Waals surface area contributed by atoms with E-state index in [1.54, 1.807) is 16.7 Å². The molecule has 29 heavy (non-hydrogen) atoms. The number of rotatable bonds is 8. The third kappa shape index (κ3) is 5.89. The van der Waals surface area contributed by atoms with Crippen LogP contribution in [0.25, 0.3) is 10.2 Å². The van der Waals surface area contributed by atoms with Crippen molar-refractivity contribution < 1.29 is 17.9 Å². The van der Waals surface area contributed by atoms with Crippen LogP contribution in [0.15, 0.2) is 23.1 Å². The van der Waals surface area contributed by atoms with Gasteiger partial charge in [-0.15, -0.1) is 11.8 Å². The molecule has 1 saturated heterocycles. The predicted octanol–water partition coefficient (Wildman–Crippen LogP) is 1.57. The third-order valence-corrected chi connectivity index (χ3v) is 7.81. The van der Waals surface area contributed by atoms with Gasteiger partial charge in [0.25, 0.3) is 0 Å². The Bertz CT molecular complexity index is 957. The van der Waals surface area contributed by atoms with E-state index >= 15 is 0 Å². The zero-order valence-electron chi connectivity index (χ0n) is 16.8. The Hall–Kier alpha value is -1.24. The van der Waals surface area contributed by atoms with Crippen LogP contribution in [0.3, 0.4) is 0 Å². The Labute approximate surface area is 179 Å². The maximum Gasteiger partial charge on any atom is 0.244 e. The van der Waals surface area contributed by atoms with Gasteiger partial charge in [-0.2, -0.15) is 4.31 Å². The predicted molar refractivity (Wildman–Crippen MR) is 118 cm³/mol. The van der Waals surface area contributed by atoms with Crippen LogP contribution in [-0.4, -0.2) is 94.0 Å². The fourth-order valence-corrected chi connectivity index (χ4v) is 4.83. The third-order valence-electron chi connectivity index (χ3n) is 4.78. The number of carbonyl (C=O) groups is 1. The van der Waals surface area contributed by atoms with E-state index in [0.717, 1.165) is 38.8 Å². The number of hydrogen-bond acceptors (Lipinski definition) is 8. The zero-order chi connectivity index (χ0) is 21.0. The molecule has 0 radical (unpaired) electrons. The van der Waals surface area contributed by atoms with Gasteiger partial charge in [0.2, 0.25) is 15.9 Å². The van der Waals surface area contributed by atoms with Crippen molar-refractivity contribution in [2.45, 2.75) is 4.90 Å². The average molecular weight is 459 g/mol. The molecule has 1 aromatic carbocycles. The van der Waals surface area contributed by atoms with Crippen molar-refractivity contribution in [3.8, 4) is 0 Å². The first-order valence-corrected chi connectivity index (χ1v) is 13.1. The zero-order valence-corrected chi connectivity index (χ0v) is 19.3. The van der Waals surface area contributed by atoms with Gasteiger partial charge in [-0.1, -0.05) is 11.3 Å². The molecule has 2 heterocycles. The number of anilines is 1. The van der Waals surface area contributed by atoms with Crippen LogP contribution in [0.4, 0.5) is 5.13 Å². The number of benzene rings is 1. The first-order chi connectivity index (χ1) is 13.8. The minimum absolute atomic E-state index is 0.214. The highest BCUT2D eigenvalue weighted by atomic mass is 32.2. The highest BCUT2D eigenvalue weighted by Crippen LogP contribution is 2.31. The number of nitrogens with zero attached hydrogens (tertiary/aromatic N) is 4. The van der Waals surface area contributed by atoms with Crippen molar-refractivity contribution in [2.24, 2.45) is 0 Å². The minimum atomic E-state index is -3.44. The van der Waals surface area contributed by atoms with E-state index in [1.165, 1.54) is 18.4 Å². The molecule has 2 aromatic rings. The number of likely N-dealkylation sites (N-methyl/N-ethyl adjacent to an activating group) is 1. The van der Waals surface area contributed by atoms with Crippen molar-refractivity contribution in [3.63, 3.8) is 0 Å². The van der Waals surface area contributed by atoms with Crippen molar-refractivity contribution in [3.05, 3.63) is 18.2 Å². The molecule has 160 valence electrons. The molecule has 0 unspecified atom stereocenters. The summed E-state index contributed by atoms with van der Waals surface area (Å²) in [5.41, 5.74) is 0.837. The summed E-state index contributed by atoms with van der Waals surface area (Å²) in [6.45, 7) is 3.93. The lowest BCUT2D eigenvalue weighted by molar-refractivity contribution is -0.118. The highest BCUT2D eigenvalue weighted by molar-refractivity contribution is 7.98. The number of amides is 1. The lowest BCUT2D eigenvalue weighted by atomic mass is 10.3. The summed E-state index contributed by atoms with van der Waals surface area (Å²) in [6.07, 6.45) is 3.11. The van der Waals surface area contributed by atoms with E-state index < -0.39 is 10.0 Å². The second-order valence-corrected chi connectivity index (χ2v) is 10.8. The summed E-state index contributed by atoms with van der Waals surface area (Å²) in [4.78, 5) is 22.6. The Morgan fingerprint density at radius 3 is 2.72 bits per heavy atom. The maximum atomic E-state index is 13.0. The molecule has 3 rings (SSSR count). The van der Waals surface area contributed by atoms with Crippen LogP contribution in [0.5, 0.6) is 0 Å². The highest BCUT2D eigenvalue weighted by Gasteiger charge is 2.25. The number of carbonyl (C=O) groups excluding carboxylic acids is 1. The number of thiazole rings is 1. The number of aromatic nitrogens is 1. The van der Waals surface area contributed by atoms with Gasteiger partial charge in [0.1, 0.15) is 0 Å². The molecular formula is C18H26N4O4S3. The van der Waals surface area contributed by atoms with Gasteiger partial charge < -0.3 is 4.74 Å². The molecule has 11 heteroatoms. The maximum absolute atomic E-state index is 13.0. The fourth-order valence-electron chi connectivity index (χ4n) is 2.92. The second kappa shape index (κ2) is 9.71. The van der Waals surface area contributed by atoms with Crippen molar-refractivity contribution in [1.82, 2.24) is 14.2 Å². The van der Waals surface area contributed by atoms with Crippen LogP contribution in [0.2, 0.25) is 0 Å². The molecule has 0 bridgehead atoms. The average Bonchev–Trinajstić information content (AvgIpc) is 3.10. The summed E-state index contributed by atoms with van der Waals surface area (Å²) in [7, 11) is -2.03. The van der Waals surface area contributed by atoms with Gasteiger partial charge >= 0.3 is 0 Å². The van der Waals surface area contributed by atoms with Crippen LogP contribution in [-0.2, 0) is 19.6 Å². The van der Waals surface area contributed by atoms with E-state index in [4.69, 9.17) is 4.74 Å². The number of sulfonamides is 1. The summed E-state index contributed by atoms with van der Waals surface area (Å²) in [6, 6.07) is 6.02. The van der Waals surface area contributed by atoms with E-state index in [1.807, 2.05) is 18.4 Å². The van der Waals surface area contributed by atoms with Crippen molar-refractivity contribution in [1.29, 1.82) is 0 Å². The monoisotopic (exact) mass is 458 g/mol. The first kappa shape index (κ1) is 22.4. The number of fused-ring (bicyclic) bond motifs is 1. The standard InChI is InChI=1S/C18H26N4O4S3/c1-20(29(3,24)25)13-17(23)22(7-6-21-8-10-26-11-9-21)18-19-15-5-4-14(27-2)12-16(15)28-18/h4-5,12H,6-11,13H2,1-3H3. The summed E-state index contributed by atoms with van der Waals surface area (Å²) in [5.74, 6) is -0.282. The summed E-state index contributed by atoms with van der Waals surface area (Å²) in [5, 5.41) is 0.596. The van der Waals surface area contributed by atoms with E-state index in [-0.39, 0.29) is 12.5 Å². The molecule has 0 N–H and O–H groups in total. The Kier molecular flexibility index (Phi) is 7.52. The van der Waals surface area contributed by atoms with E-state index in [2.05, 4.69) is 16.0 Å². The topological polar surface area (TPSA) is 83.1 Å². The summed E-state index contributed by atoms with van der Waals surface area (Å²) >= 11 is 3.11. The largest absolute Gasteiger partial charge is 0.379 e. The molecule has 1 aromatic heterocycles. The van der Waals surface area contributed by atoms with Gasteiger partial charge in [0.05, 0.1) is 36.2 Å². The first-order valence-electron chi connectivity index (χ1n) is 9.24. The van der Waals surface area contributed by atoms with Crippen LogP contribution >= 0.6 is 23.1 Å². The smallest absolute Gasteiger partial charge is 0.244 e. The molecule has 8 nitrogen and oxygen atoms in total. The second-order valence-electron chi connectivity index (χ2n) is 6.85. The van der Waals surface area contributed by atoms with Crippen LogP contribution < -0.4 is 4.90 Å². The van der Waals surface area contributed by atoms with Gasteiger partial charge in [-0.25, -0.2) is 13.4 Å². The molecule has 0 atom stereocenters. The van der Waals surface area contributed by atoms with Crippen molar-refractivity contribution in [2.75, 3.05) is 70.4 Å². The van der Waals surface area contributed by atoms with Gasteiger partial charge in [-0.3, -0.25) is 14.6 Å². The Morgan fingerprint density at radius 1 is 1.34 bits per heavy atom. The molecule has 1 fully saturated rings. The minimum Gasteiger partial charge on any atom is -0.379 e. The van der Waals surface area contributed by atoms with E-state index in [9.17, 15) is 13.2 Å². The number of morpholine rings is 1. The van der Waals surface area contributed by atoms with Gasteiger partial charge in [-0.05, 0) is 24.5 Å². The van der Waals surface area contributed by atoms with Gasteiger partial charge in [0, 0.05) is 38.1 Å². The van der Waals surface area contributed by atoms with Crippen LogP contribution in [0.1, 0.15) is 0 Å². The molecule has 1 aliphatic heterocycles. The molecule has 0 aliphatic carbocycles. The lowest BCUT2D eigenvalue weighted by Crippen LogP contribution is -2.46. The lowest BCUT2D eigenvalue weighted by Gasteiger charge is -2.29. The Morgan fingerprint density at radius 2 is 2.07 bits per heavy atom. The Balaban J connectivity index is 1.83. The summed E-state index contributed by atoms with van der Waals surface area (Å²) < 4.78 is 31.0. The molecule has 0 saturated carbocycles. The number of ether oxygens (including phenoxy) is 1. The number of thioether (sulfide) groups is 1.